The van der Waals surface area contributed by atoms with E-state index in [1.54, 1.807) is 31.2 Å². The second-order valence-corrected chi connectivity index (χ2v) is 9.39. The molecule has 0 spiro atoms. The van der Waals surface area contributed by atoms with Crippen LogP contribution in [0.2, 0.25) is 5.02 Å². The lowest BCUT2D eigenvalue weighted by atomic mass is 10.1. The van der Waals surface area contributed by atoms with Crippen LogP contribution in [0, 0.1) is 17.7 Å². The molecule has 1 fully saturated rings. The number of morpholine rings is 1. The Balaban J connectivity index is 0.00000387. The molecule has 2 heterocycles. The standard InChI is InChI=1S/C30H27ClFN5O3.ClH/c1-2-4-27(37-40-18-24-17-38-12-11-33-24)21-7-9-28-25(14-21)30(35-19-34-28)36-23-8-10-29(26(31)15-23)39-16-20-5-3-6-22(32)13-20;/h3,5-10,13-15,19,24,33H,11-12,16-18H2,1H3,(H,34,35,36);1H/b37-27-;/t24-;/m1./s1. The topological polar surface area (TPSA) is 89.9 Å². The number of nitrogens with one attached hydrogen (secondary N) is 2. The van der Waals surface area contributed by atoms with Gasteiger partial charge in [0.05, 0.1) is 29.8 Å². The Morgan fingerprint density at radius 1 is 1.20 bits per heavy atom. The first-order valence-electron chi connectivity index (χ1n) is 12.7. The third-order valence-corrected chi connectivity index (χ3v) is 6.36. The second kappa shape index (κ2) is 14.6. The summed E-state index contributed by atoms with van der Waals surface area (Å²) in [5, 5.41) is 12.1. The van der Waals surface area contributed by atoms with Crippen LogP contribution in [0.5, 0.6) is 5.75 Å². The fourth-order valence-electron chi connectivity index (χ4n) is 4.11. The van der Waals surface area contributed by atoms with Crippen LogP contribution in [0.1, 0.15) is 18.1 Å². The van der Waals surface area contributed by atoms with Crippen LogP contribution in [0.15, 0.2) is 72.1 Å². The number of anilines is 2. The second-order valence-electron chi connectivity index (χ2n) is 8.98. The predicted molar refractivity (Wildman–Crippen MR) is 161 cm³/mol. The Hall–Kier alpha value is -3.94. The molecule has 0 aliphatic carbocycles. The molecule has 0 radical (unpaired) electrons. The molecule has 1 aliphatic heterocycles. The van der Waals surface area contributed by atoms with Crippen molar-refractivity contribution in [2.75, 3.05) is 31.7 Å². The van der Waals surface area contributed by atoms with Gasteiger partial charge in [0, 0.05) is 23.2 Å². The summed E-state index contributed by atoms with van der Waals surface area (Å²) >= 11 is 6.49. The predicted octanol–water partition coefficient (Wildman–Crippen LogP) is 5.90. The van der Waals surface area contributed by atoms with E-state index in [1.807, 2.05) is 24.3 Å². The molecular weight excluding hydrogens is 568 g/mol. The van der Waals surface area contributed by atoms with Gasteiger partial charge in [0.2, 0.25) is 0 Å². The summed E-state index contributed by atoms with van der Waals surface area (Å²) in [4.78, 5) is 14.4. The molecule has 2 N–H and O–H groups in total. The molecule has 1 saturated heterocycles. The Morgan fingerprint density at radius 2 is 2.10 bits per heavy atom. The van der Waals surface area contributed by atoms with Gasteiger partial charge in [-0.2, -0.15) is 0 Å². The molecule has 41 heavy (non-hydrogen) atoms. The number of rotatable bonds is 9. The van der Waals surface area contributed by atoms with Crippen molar-refractivity contribution in [3.63, 3.8) is 0 Å². The molecule has 3 aromatic carbocycles. The van der Waals surface area contributed by atoms with Gasteiger partial charge in [0.15, 0.2) is 5.71 Å². The van der Waals surface area contributed by atoms with Gasteiger partial charge in [-0.1, -0.05) is 34.8 Å². The van der Waals surface area contributed by atoms with Crippen molar-refractivity contribution in [1.29, 1.82) is 0 Å². The van der Waals surface area contributed by atoms with E-state index >= 15 is 0 Å². The molecule has 1 atom stereocenters. The maximum atomic E-state index is 13.4. The van der Waals surface area contributed by atoms with Crippen LogP contribution < -0.4 is 15.4 Å². The fraction of sp³-hybridized carbons (Fsp3) is 0.233. The third kappa shape index (κ3) is 8.06. The van der Waals surface area contributed by atoms with Crippen LogP contribution >= 0.6 is 24.0 Å². The van der Waals surface area contributed by atoms with Crippen molar-refractivity contribution in [1.82, 2.24) is 15.3 Å². The first-order valence-corrected chi connectivity index (χ1v) is 13.1. The SMILES string of the molecule is CC#C/C(=N/OC[C@H]1COCCN1)c1ccc2ncnc(Nc3ccc(OCc4cccc(F)c4)c(Cl)c3)c2c1.Cl. The smallest absolute Gasteiger partial charge is 0.159 e. The lowest BCUT2D eigenvalue weighted by Gasteiger charge is -2.22. The van der Waals surface area contributed by atoms with E-state index in [2.05, 4.69) is 37.6 Å². The number of aromatic nitrogens is 2. The van der Waals surface area contributed by atoms with Crippen LogP contribution in [0.25, 0.3) is 10.9 Å². The highest BCUT2D eigenvalue weighted by Gasteiger charge is 2.14. The van der Waals surface area contributed by atoms with Gasteiger partial charge < -0.3 is 24.9 Å². The minimum atomic E-state index is -0.313. The average molecular weight is 596 g/mol. The number of benzene rings is 3. The van der Waals surface area contributed by atoms with E-state index in [-0.39, 0.29) is 30.9 Å². The van der Waals surface area contributed by atoms with Crippen molar-refractivity contribution in [3.8, 4) is 17.6 Å². The Bertz CT molecular complexity index is 1590. The third-order valence-electron chi connectivity index (χ3n) is 6.06. The monoisotopic (exact) mass is 595 g/mol. The lowest BCUT2D eigenvalue weighted by molar-refractivity contribution is 0.0312. The number of nitrogens with zero attached hydrogens (tertiary/aromatic N) is 3. The van der Waals surface area contributed by atoms with E-state index in [0.717, 1.165) is 23.0 Å². The number of hydrogen-bond donors (Lipinski definition) is 2. The first-order chi connectivity index (χ1) is 19.6. The number of ether oxygens (including phenoxy) is 2. The number of oxime groups is 1. The number of hydrogen-bond acceptors (Lipinski definition) is 8. The first kappa shape index (κ1) is 30.0. The van der Waals surface area contributed by atoms with Gasteiger partial charge >= 0.3 is 0 Å². The lowest BCUT2D eigenvalue weighted by Crippen LogP contribution is -2.43. The van der Waals surface area contributed by atoms with Gasteiger partial charge in [-0.05, 0) is 66.9 Å². The quantitative estimate of drug-likeness (QED) is 0.141. The minimum Gasteiger partial charge on any atom is -0.487 e. The van der Waals surface area contributed by atoms with Crippen molar-refractivity contribution in [3.05, 3.63) is 89.0 Å². The highest BCUT2D eigenvalue weighted by Crippen LogP contribution is 2.31. The summed E-state index contributed by atoms with van der Waals surface area (Å²) in [6.45, 7) is 4.39. The van der Waals surface area contributed by atoms with Crippen LogP contribution in [0.4, 0.5) is 15.9 Å². The summed E-state index contributed by atoms with van der Waals surface area (Å²) in [5.74, 6) is 6.68. The summed E-state index contributed by atoms with van der Waals surface area (Å²) in [7, 11) is 0. The van der Waals surface area contributed by atoms with Gasteiger partial charge in [-0.25, -0.2) is 14.4 Å². The maximum absolute atomic E-state index is 13.4. The summed E-state index contributed by atoms with van der Waals surface area (Å²) < 4.78 is 24.7. The molecule has 5 rings (SSSR count). The van der Waals surface area contributed by atoms with Crippen LogP contribution in [-0.2, 0) is 16.2 Å². The van der Waals surface area contributed by atoms with Gasteiger partial charge in [-0.3, -0.25) is 0 Å². The van der Waals surface area contributed by atoms with E-state index in [1.165, 1.54) is 18.5 Å². The van der Waals surface area contributed by atoms with Crippen molar-refractivity contribution >= 4 is 52.1 Å². The molecule has 4 aromatic rings. The molecule has 0 bridgehead atoms. The van der Waals surface area contributed by atoms with Gasteiger partial charge in [0.25, 0.3) is 0 Å². The van der Waals surface area contributed by atoms with E-state index < -0.39 is 0 Å². The Kier molecular flexibility index (Phi) is 10.7. The van der Waals surface area contributed by atoms with E-state index in [4.69, 9.17) is 25.9 Å². The Labute approximate surface area is 248 Å². The Morgan fingerprint density at radius 3 is 2.88 bits per heavy atom. The molecule has 1 aromatic heterocycles. The summed E-state index contributed by atoms with van der Waals surface area (Å²) in [5.41, 5.74) is 3.43. The van der Waals surface area contributed by atoms with Crippen molar-refractivity contribution in [2.45, 2.75) is 19.6 Å². The molecule has 8 nitrogen and oxygen atoms in total. The number of halogens is 3. The number of fused-ring (bicyclic) bond motifs is 1. The van der Waals surface area contributed by atoms with Gasteiger partial charge in [-0.15, -0.1) is 12.4 Å². The van der Waals surface area contributed by atoms with Crippen molar-refractivity contribution < 1.29 is 18.7 Å². The van der Waals surface area contributed by atoms with Gasteiger partial charge in [0.1, 0.15) is 36.9 Å². The fourth-order valence-corrected chi connectivity index (χ4v) is 4.34. The van der Waals surface area contributed by atoms with E-state index in [9.17, 15) is 4.39 Å². The molecular formula is C30H28Cl2FN5O3. The normalized spacial score (nSPS) is 14.9. The molecule has 11 heteroatoms. The van der Waals surface area contributed by atoms with Crippen LogP contribution in [-0.4, -0.2) is 48.1 Å². The molecule has 0 unspecified atom stereocenters. The zero-order chi connectivity index (χ0) is 27.7. The van der Waals surface area contributed by atoms with Crippen molar-refractivity contribution in [2.24, 2.45) is 5.16 Å². The maximum Gasteiger partial charge on any atom is 0.159 e. The molecule has 0 amide bonds. The van der Waals surface area contributed by atoms with Crippen LogP contribution in [0.3, 0.4) is 0 Å². The molecule has 0 saturated carbocycles. The summed E-state index contributed by atoms with van der Waals surface area (Å²) in [6.07, 6.45) is 1.49. The summed E-state index contributed by atoms with van der Waals surface area (Å²) in [6, 6.07) is 17.4. The highest BCUT2D eigenvalue weighted by molar-refractivity contribution is 6.32. The minimum absolute atomic E-state index is 0. The average Bonchev–Trinajstić information content (AvgIpc) is 2.97. The zero-order valence-corrected chi connectivity index (χ0v) is 23.8. The zero-order valence-electron chi connectivity index (χ0n) is 22.2. The largest absolute Gasteiger partial charge is 0.487 e. The van der Waals surface area contributed by atoms with E-state index in [0.29, 0.717) is 53.4 Å². The molecule has 1 aliphatic rings. The highest BCUT2D eigenvalue weighted by atomic mass is 35.5. The molecule has 212 valence electrons.